The van der Waals surface area contributed by atoms with Gasteiger partial charge in [-0.05, 0) is 23.3 Å². The highest BCUT2D eigenvalue weighted by molar-refractivity contribution is 6.06. The SMILES string of the molecule is NC(=O)c1c[nH]c(=O)c2cc(NC(=O)Cc3cnn(Cc4ccccc4)c3)ccc12. The predicted octanol–water partition coefficient (Wildman–Crippen LogP) is 2.05. The molecule has 2 aromatic heterocycles. The Morgan fingerprint density at radius 2 is 1.87 bits per heavy atom. The van der Waals surface area contributed by atoms with Crippen molar-refractivity contribution in [2.75, 3.05) is 5.32 Å². The molecule has 8 heteroatoms. The number of nitrogens with one attached hydrogen (secondary N) is 2. The van der Waals surface area contributed by atoms with Crippen LogP contribution in [0.25, 0.3) is 10.8 Å². The maximum absolute atomic E-state index is 12.4. The Morgan fingerprint density at radius 1 is 1.07 bits per heavy atom. The van der Waals surface area contributed by atoms with E-state index in [1.165, 1.54) is 12.3 Å². The van der Waals surface area contributed by atoms with Gasteiger partial charge in [-0.25, -0.2) is 0 Å². The number of pyridine rings is 1. The Labute approximate surface area is 171 Å². The van der Waals surface area contributed by atoms with Gasteiger partial charge in [0.2, 0.25) is 5.91 Å². The molecule has 0 aliphatic carbocycles. The van der Waals surface area contributed by atoms with Gasteiger partial charge in [0.15, 0.2) is 0 Å². The molecule has 2 amide bonds. The summed E-state index contributed by atoms with van der Waals surface area (Å²) in [6.07, 6.45) is 4.92. The number of hydrogen-bond donors (Lipinski definition) is 3. The lowest BCUT2D eigenvalue weighted by Gasteiger charge is -2.07. The second-order valence-corrected chi connectivity index (χ2v) is 6.91. The van der Waals surface area contributed by atoms with Gasteiger partial charge in [0.25, 0.3) is 11.5 Å². The van der Waals surface area contributed by atoms with E-state index in [0.29, 0.717) is 17.6 Å². The van der Waals surface area contributed by atoms with Gasteiger partial charge in [0.1, 0.15) is 0 Å². The number of H-pyrrole nitrogens is 1. The van der Waals surface area contributed by atoms with Gasteiger partial charge in [0, 0.05) is 28.9 Å². The van der Waals surface area contributed by atoms with Crippen LogP contribution in [0, 0.1) is 0 Å². The first-order valence-electron chi connectivity index (χ1n) is 9.30. The molecule has 150 valence electrons. The van der Waals surface area contributed by atoms with E-state index in [2.05, 4.69) is 15.4 Å². The highest BCUT2D eigenvalue weighted by Crippen LogP contribution is 2.19. The van der Waals surface area contributed by atoms with Crippen molar-refractivity contribution >= 4 is 28.3 Å². The molecule has 2 heterocycles. The number of carbonyl (C=O) groups excluding carboxylic acids is 2. The van der Waals surface area contributed by atoms with Crippen LogP contribution in [0.1, 0.15) is 21.5 Å². The number of amides is 2. The standard InChI is InChI=1S/C22H19N5O3/c23-21(29)19-11-24-22(30)18-9-16(6-7-17(18)19)26-20(28)8-15-10-25-27(13-15)12-14-4-2-1-3-5-14/h1-7,9-11,13H,8,12H2,(H2,23,29)(H,24,30)(H,26,28). The van der Waals surface area contributed by atoms with Gasteiger partial charge >= 0.3 is 0 Å². The number of aromatic nitrogens is 3. The second kappa shape index (κ2) is 8.04. The van der Waals surface area contributed by atoms with Crippen LogP contribution in [0.15, 0.2) is 71.9 Å². The maximum Gasteiger partial charge on any atom is 0.255 e. The summed E-state index contributed by atoms with van der Waals surface area (Å²) >= 11 is 0. The van der Waals surface area contributed by atoms with Gasteiger partial charge < -0.3 is 16.0 Å². The minimum absolute atomic E-state index is 0.143. The molecule has 0 bridgehead atoms. The number of nitrogens with two attached hydrogens (primary N) is 1. The number of hydrogen-bond acceptors (Lipinski definition) is 4. The molecule has 0 radical (unpaired) electrons. The third kappa shape index (κ3) is 4.12. The van der Waals surface area contributed by atoms with Crippen molar-refractivity contribution < 1.29 is 9.59 Å². The Kier molecular flexibility index (Phi) is 5.13. The fraction of sp³-hybridized carbons (Fsp3) is 0.0909. The first-order chi connectivity index (χ1) is 14.5. The summed E-state index contributed by atoms with van der Waals surface area (Å²) in [7, 11) is 0. The minimum Gasteiger partial charge on any atom is -0.366 e. The monoisotopic (exact) mass is 401 g/mol. The molecule has 0 saturated carbocycles. The van der Waals surface area contributed by atoms with E-state index >= 15 is 0 Å². The normalized spacial score (nSPS) is 10.8. The highest BCUT2D eigenvalue weighted by atomic mass is 16.2. The van der Waals surface area contributed by atoms with Crippen LogP contribution in [-0.4, -0.2) is 26.6 Å². The highest BCUT2D eigenvalue weighted by Gasteiger charge is 2.12. The number of rotatable bonds is 6. The molecule has 30 heavy (non-hydrogen) atoms. The van der Waals surface area contributed by atoms with Crippen LogP contribution in [0.4, 0.5) is 5.69 Å². The van der Waals surface area contributed by atoms with E-state index in [4.69, 9.17) is 5.73 Å². The largest absolute Gasteiger partial charge is 0.366 e. The van der Waals surface area contributed by atoms with Crippen LogP contribution < -0.4 is 16.6 Å². The van der Waals surface area contributed by atoms with E-state index in [-0.39, 0.29) is 28.8 Å². The Hall–Kier alpha value is -4.20. The lowest BCUT2D eigenvalue weighted by atomic mass is 10.1. The quantitative estimate of drug-likeness (QED) is 0.457. The van der Waals surface area contributed by atoms with E-state index < -0.39 is 5.91 Å². The summed E-state index contributed by atoms with van der Waals surface area (Å²) < 4.78 is 1.78. The summed E-state index contributed by atoms with van der Waals surface area (Å²) in [4.78, 5) is 38.6. The van der Waals surface area contributed by atoms with Gasteiger partial charge in [-0.15, -0.1) is 0 Å². The number of benzene rings is 2. The molecule has 0 unspecified atom stereocenters. The molecular weight excluding hydrogens is 382 g/mol. The van der Waals surface area contributed by atoms with Crippen molar-refractivity contribution in [2.45, 2.75) is 13.0 Å². The maximum atomic E-state index is 12.4. The second-order valence-electron chi connectivity index (χ2n) is 6.91. The zero-order chi connectivity index (χ0) is 21.1. The van der Waals surface area contributed by atoms with Crippen LogP contribution >= 0.6 is 0 Å². The van der Waals surface area contributed by atoms with Gasteiger partial charge in [-0.3, -0.25) is 19.1 Å². The minimum atomic E-state index is -0.638. The average molecular weight is 401 g/mol. The number of carbonyl (C=O) groups is 2. The number of nitrogens with zero attached hydrogens (tertiary/aromatic N) is 2. The summed E-state index contributed by atoms with van der Waals surface area (Å²) in [6.45, 7) is 0.623. The van der Waals surface area contributed by atoms with Crippen LogP contribution in [-0.2, 0) is 17.8 Å². The molecule has 4 rings (SSSR count). The smallest absolute Gasteiger partial charge is 0.255 e. The number of anilines is 1. The Balaban J connectivity index is 1.47. The molecule has 0 fully saturated rings. The molecule has 0 saturated heterocycles. The first kappa shape index (κ1) is 19.1. The summed E-state index contributed by atoms with van der Waals surface area (Å²) in [5.74, 6) is -0.878. The van der Waals surface area contributed by atoms with Gasteiger partial charge in [-0.2, -0.15) is 5.10 Å². The third-order valence-corrected chi connectivity index (χ3v) is 4.69. The lowest BCUT2D eigenvalue weighted by molar-refractivity contribution is -0.115. The van der Waals surface area contributed by atoms with Crippen LogP contribution in [0.5, 0.6) is 0 Å². The summed E-state index contributed by atoms with van der Waals surface area (Å²) in [6, 6.07) is 14.7. The van der Waals surface area contributed by atoms with Crippen LogP contribution in [0.3, 0.4) is 0 Å². The van der Waals surface area contributed by atoms with Crippen molar-refractivity contribution in [3.63, 3.8) is 0 Å². The molecule has 0 spiro atoms. The van der Waals surface area contributed by atoms with E-state index in [1.54, 1.807) is 23.0 Å². The Morgan fingerprint density at radius 3 is 2.63 bits per heavy atom. The molecule has 0 atom stereocenters. The fourth-order valence-electron chi connectivity index (χ4n) is 3.29. The molecule has 0 aliphatic heterocycles. The van der Waals surface area contributed by atoms with Crippen molar-refractivity contribution in [3.05, 3.63) is 94.2 Å². The van der Waals surface area contributed by atoms with E-state index in [0.717, 1.165) is 11.1 Å². The Bertz CT molecular complexity index is 1290. The predicted molar refractivity (Wildman–Crippen MR) is 113 cm³/mol. The van der Waals surface area contributed by atoms with Crippen molar-refractivity contribution in [1.29, 1.82) is 0 Å². The molecule has 0 aliphatic rings. The third-order valence-electron chi connectivity index (χ3n) is 4.69. The van der Waals surface area contributed by atoms with Gasteiger partial charge in [-0.1, -0.05) is 36.4 Å². The molecule has 2 aromatic carbocycles. The lowest BCUT2D eigenvalue weighted by Crippen LogP contribution is -2.17. The number of primary amides is 1. The zero-order valence-corrected chi connectivity index (χ0v) is 16.0. The number of aromatic amines is 1. The topological polar surface area (TPSA) is 123 Å². The van der Waals surface area contributed by atoms with E-state index in [9.17, 15) is 14.4 Å². The van der Waals surface area contributed by atoms with E-state index in [1.807, 2.05) is 36.5 Å². The molecule has 8 nitrogen and oxygen atoms in total. The summed E-state index contributed by atoms with van der Waals surface area (Å²) in [5, 5.41) is 7.78. The average Bonchev–Trinajstić information content (AvgIpc) is 3.15. The number of fused-ring (bicyclic) bond motifs is 1. The zero-order valence-electron chi connectivity index (χ0n) is 16.0. The molecule has 4 aromatic rings. The van der Waals surface area contributed by atoms with Crippen molar-refractivity contribution in [2.24, 2.45) is 5.73 Å². The first-order valence-corrected chi connectivity index (χ1v) is 9.30. The van der Waals surface area contributed by atoms with Gasteiger partial charge in [0.05, 0.1) is 24.7 Å². The van der Waals surface area contributed by atoms with Crippen LogP contribution in [0.2, 0.25) is 0 Å². The molecular formula is C22H19N5O3. The van der Waals surface area contributed by atoms with Crippen molar-refractivity contribution in [3.8, 4) is 0 Å². The summed E-state index contributed by atoms with van der Waals surface area (Å²) in [5.41, 5.74) is 7.54. The molecule has 4 N–H and O–H groups in total. The fourth-order valence-corrected chi connectivity index (χ4v) is 3.29. The van der Waals surface area contributed by atoms with Crippen molar-refractivity contribution in [1.82, 2.24) is 14.8 Å².